The van der Waals surface area contributed by atoms with Gasteiger partial charge in [0.05, 0.1) is 11.0 Å². The van der Waals surface area contributed by atoms with E-state index in [1.54, 1.807) is 0 Å². The highest BCUT2D eigenvalue weighted by Gasteiger charge is 2.32. The topological polar surface area (TPSA) is 66.0 Å². The fraction of sp³-hybridized carbons (Fsp3) is 0.0784. The van der Waals surface area contributed by atoms with E-state index in [0.29, 0.717) is 11.6 Å². The molecule has 0 bridgehead atoms. The van der Waals surface area contributed by atoms with Crippen LogP contribution < -0.4 is 15.4 Å². The van der Waals surface area contributed by atoms with Crippen LogP contribution in [0.25, 0.3) is 78.7 Å². The van der Waals surface area contributed by atoms with E-state index >= 15 is 0 Å². The quantitative estimate of drug-likeness (QED) is 0.176. The van der Waals surface area contributed by atoms with Gasteiger partial charge < -0.3 is 13.7 Å². The van der Waals surface area contributed by atoms with Gasteiger partial charge in [0.2, 0.25) is 0 Å². The van der Waals surface area contributed by atoms with Crippen LogP contribution in [0.2, 0.25) is 0 Å². The van der Waals surface area contributed by atoms with Crippen molar-refractivity contribution in [2.24, 2.45) is 0 Å². The second-order valence-electron chi connectivity index (χ2n) is 15.1. The zero-order chi connectivity index (χ0) is 37.5. The summed E-state index contributed by atoms with van der Waals surface area (Å²) in [4.78, 5) is 15.2. The monoisotopic (exact) mass is 734 g/mol. The molecule has 3 aliphatic rings. The summed E-state index contributed by atoms with van der Waals surface area (Å²) in [6.07, 6.45) is 10.4. The van der Waals surface area contributed by atoms with Gasteiger partial charge >= 0.3 is 0 Å². The molecule has 0 saturated carbocycles. The highest BCUT2D eigenvalue weighted by atomic mass is 16.5. The van der Waals surface area contributed by atoms with Crippen LogP contribution in [0.1, 0.15) is 41.9 Å². The van der Waals surface area contributed by atoms with Gasteiger partial charge in [-0.1, -0.05) is 109 Å². The third-order valence-electron chi connectivity index (χ3n) is 11.7. The first-order valence-electron chi connectivity index (χ1n) is 19.6. The molecule has 6 aromatic carbocycles. The number of ether oxygens (including phenoxy) is 1. The number of aromatic nitrogens is 4. The Hall–Kier alpha value is -7.31. The molecule has 12 rings (SSSR count). The van der Waals surface area contributed by atoms with E-state index in [9.17, 15) is 0 Å². The molecule has 6 heteroatoms. The van der Waals surface area contributed by atoms with E-state index in [0.717, 1.165) is 74.2 Å². The molecule has 0 amide bonds. The Morgan fingerprint density at radius 3 is 2.21 bits per heavy atom. The summed E-state index contributed by atoms with van der Waals surface area (Å²) < 4.78 is 15.2. The fourth-order valence-corrected chi connectivity index (χ4v) is 8.94. The van der Waals surface area contributed by atoms with E-state index in [1.165, 1.54) is 32.9 Å². The summed E-state index contributed by atoms with van der Waals surface area (Å²) in [6.45, 7) is 0. The van der Waals surface area contributed by atoms with E-state index in [-0.39, 0.29) is 11.8 Å². The van der Waals surface area contributed by atoms with Crippen molar-refractivity contribution in [2.45, 2.75) is 24.7 Å². The predicted octanol–water partition coefficient (Wildman–Crippen LogP) is 10.6. The third-order valence-corrected chi connectivity index (χ3v) is 11.7. The minimum absolute atomic E-state index is 0.0809. The molecule has 0 saturated heterocycles. The number of para-hydroxylation sites is 3. The number of hydrogen-bond acceptors (Lipinski definition) is 5. The molecule has 3 aromatic heterocycles. The Kier molecular flexibility index (Phi) is 7.08. The van der Waals surface area contributed by atoms with Gasteiger partial charge in [0.25, 0.3) is 0 Å². The lowest BCUT2D eigenvalue weighted by atomic mass is 9.89. The average molecular weight is 735 g/mol. The summed E-state index contributed by atoms with van der Waals surface area (Å²) in [5.41, 5.74) is 10.7. The molecule has 2 unspecified atom stereocenters. The van der Waals surface area contributed by atoms with Crippen LogP contribution in [0.3, 0.4) is 0 Å². The lowest BCUT2D eigenvalue weighted by molar-refractivity contribution is 0.426. The smallest absolute Gasteiger partial charge is 0.163 e. The minimum atomic E-state index is -0.0809. The highest BCUT2D eigenvalue weighted by Crippen LogP contribution is 2.46. The number of rotatable bonds is 5. The van der Waals surface area contributed by atoms with Crippen LogP contribution in [0.5, 0.6) is 5.75 Å². The van der Waals surface area contributed by atoms with Crippen LogP contribution in [0.15, 0.2) is 168 Å². The molecule has 270 valence electrons. The molecular weight excluding hydrogens is 701 g/mol. The number of benzene rings is 6. The highest BCUT2D eigenvalue weighted by molar-refractivity contribution is 6.10. The lowest BCUT2D eigenvalue weighted by Gasteiger charge is -2.17. The van der Waals surface area contributed by atoms with Gasteiger partial charge in [-0.15, -0.1) is 0 Å². The largest absolute Gasteiger partial charge is 0.461 e. The standard InChI is InChI=1S/C51H34N4O2/c1-3-11-31(12-4-1)49-52-50(34-19-23-39-38-16-8-10-18-45(38)56-47(39)29-34)54-51(53-49)35-20-24-40-42-28-33(22-26-46(42)57-48(40)30-35)32-21-25-44-41(27-32)37-15-7-9-17-43(37)55(44)36-13-5-2-6-14-36/h1-19,21-22,24-30,35,39H,20,23H2. The second kappa shape index (κ2) is 12.6. The van der Waals surface area contributed by atoms with Crippen molar-refractivity contribution in [1.29, 1.82) is 0 Å². The number of nitrogens with zero attached hydrogens (tertiary/aromatic N) is 4. The van der Waals surface area contributed by atoms with E-state index in [1.807, 2.05) is 42.5 Å². The Labute approximate surface area is 328 Å². The number of furan rings is 1. The second-order valence-corrected chi connectivity index (χ2v) is 15.1. The molecule has 2 atom stereocenters. The average Bonchev–Trinajstić information content (AvgIpc) is 3.95. The molecular formula is C51H34N4O2. The zero-order valence-corrected chi connectivity index (χ0v) is 30.8. The van der Waals surface area contributed by atoms with Crippen LogP contribution in [0.4, 0.5) is 0 Å². The molecule has 57 heavy (non-hydrogen) atoms. The third kappa shape index (κ3) is 5.21. The van der Waals surface area contributed by atoms with Gasteiger partial charge in [0, 0.05) is 55.6 Å². The Morgan fingerprint density at radius 1 is 0.579 bits per heavy atom. The van der Waals surface area contributed by atoms with Crippen molar-refractivity contribution < 1.29 is 9.15 Å². The first-order chi connectivity index (χ1) is 28.2. The maximum Gasteiger partial charge on any atom is 0.163 e. The molecule has 9 aromatic rings. The maximum absolute atomic E-state index is 6.55. The van der Waals surface area contributed by atoms with Gasteiger partial charge in [-0.05, 0) is 84.7 Å². The Balaban J connectivity index is 0.921. The van der Waals surface area contributed by atoms with E-state index in [4.69, 9.17) is 24.1 Å². The summed E-state index contributed by atoms with van der Waals surface area (Å²) in [5, 5.41) is 4.70. The van der Waals surface area contributed by atoms with Gasteiger partial charge in [-0.2, -0.15) is 0 Å². The minimum Gasteiger partial charge on any atom is -0.461 e. The van der Waals surface area contributed by atoms with Crippen LogP contribution >= 0.6 is 0 Å². The van der Waals surface area contributed by atoms with Gasteiger partial charge in [0.1, 0.15) is 28.3 Å². The van der Waals surface area contributed by atoms with E-state index < -0.39 is 0 Å². The summed E-state index contributed by atoms with van der Waals surface area (Å²) in [7, 11) is 0. The molecule has 6 nitrogen and oxygen atoms in total. The van der Waals surface area contributed by atoms with Crippen molar-refractivity contribution in [3.63, 3.8) is 0 Å². The van der Waals surface area contributed by atoms with Gasteiger partial charge in [0.15, 0.2) is 11.6 Å². The summed E-state index contributed by atoms with van der Waals surface area (Å²) in [6, 6.07) is 51.0. The number of fused-ring (bicyclic) bond motifs is 9. The van der Waals surface area contributed by atoms with Crippen molar-refractivity contribution >= 4 is 50.5 Å². The van der Waals surface area contributed by atoms with Crippen molar-refractivity contribution in [1.82, 2.24) is 19.5 Å². The molecule has 0 fully saturated rings. The van der Waals surface area contributed by atoms with E-state index in [2.05, 4.69) is 132 Å². The predicted molar refractivity (Wildman–Crippen MR) is 227 cm³/mol. The zero-order valence-electron chi connectivity index (χ0n) is 30.8. The first kappa shape index (κ1) is 32.0. The van der Waals surface area contributed by atoms with Crippen LogP contribution in [0, 0.1) is 0 Å². The van der Waals surface area contributed by atoms with Crippen molar-refractivity contribution in [3.8, 4) is 34.0 Å². The lowest BCUT2D eigenvalue weighted by Crippen LogP contribution is -2.25. The summed E-state index contributed by atoms with van der Waals surface area (Å²) in [5.74, 6) is 4.05. The normalized spacial score (nSPS) is 16.9. The number of allylic oxidation sites excluding steroid dienone is 4. The maximum atomic E-state index is 6.55. The molecule has 1 aliphatic heterocycles. The SMILES string of the molecule is C1=C(c2nc(-c3ccccc3)nc(C3C=c4oc5ccc(-c6ccc7c(c6)c6ccccc6n7-c6ccccc6)cc5c4=CC3)n2)C=C2Oc3ccccc3C2C1. The molecule has 0 radical (unpaired) electrons. The van der Waals surface area contributed by atoms with Crippen molar-refractivity contribution in [2.75, 3.05) is 0 Å². The molecule has 0 N–H and O–H groups in total. The summed E-state index contributed by atoms with van der Waals surface area (Å²) >= 11 is 0. The fourth-order valence-electron chi connectivity index (χ4n) is 8.94. The molecule has 0 spiro atoms. The number of hydrogen-bond donors (Lipinski definition) is 0. The first-order valence-corrected chi connectivity index (χ1v) is 19.6. The van der Waals surface area contributed by atoms with Crippen LogP contribution in [-0.2, 0) is 0 Å². The molecule has 4 heterocycles. The Bertz CT molecular complexity index is 3280. The van der Waals surface area contributed by atoms with Gasteiger partial charge in [-0.3, -0.25) is 0 Å². The van der Waals surface area contributed by atoms with Gasteiger partial charge in [-0.25, -0.2) is 15.0 Å². The molecule has 2 aliphatic carbocycles. The van der Waals surface area contributed by atoms with Crippen LogP contribution in [-0.4, -0.2) is 19.5 Å². The Morgan fingerprint density at radius 2 is 1.32 bits per heavy atom. The van der Waals surface area contributed by atoms with Crippen molar-refractivity contribution in [3.05, 3.63) is 191 Å².